The number of hydrogen-bond acceptors (Lipinski definition) is 3. The third-order valence-electron chi connectivity index (χ3n) is 2.63. The summed E-state index contributed by atoms with van der Waals surface area (Å²) >= 11 is 0. The molecule has 2 unspecified atom stereocenters. The number of carbonyl (C=O) groups excluding carboxylic acids is 1. The lowest BCUT2D eigenvalue weighted by molar-refractivity contribution is -0.122. The SMILES string of the molecule is CC(C(N)=O)N(C)C1CCNC1. The van der Waals surface area contributed by atoms with Gasteiger partial charge in [0, 0.05) is 12.6 Å². The molecule has 0 bridgehead atoms. The van der Waals surface area contributed by atoms with Crippen LogP contribution in [0.4, 0.5) is 0 Å². The van der Waals surface area contributed by atoms with Crippen molar-refractivity contribution in [1.29, 1.82) is 0 Å². The zero-order chi connectivity index (χ0) is 9.14. The second-order valence-corrected chi connectivity index (χ2v) is 3.39. The largest absolute Gasteiger partial charge is 0.368 e. The fraction of sp³-hybridized carbons (Fsp3) is 0.875. The third kappa shape index (κ3) is 1.95. The van der Waals surface area contributed by atoms with E-state index in [0.717, 1.165) is 19.5 Å². The van der Waals surface area contributed by atoms with Crippen molar-refractivity contribution in [2.24, 2.45) is 5.73 Å². The average molecular weight is 171 g/mol. The van der Waals surface area contributed by atoms with Crippen LogP contribution in [0.5, 0.6) is 0 Å². The molecule has 0 radical (unpaired) electrons. The van der Waals surface area contributed by atoms with Crippen LogP contribution in [0.2, 0.25) is 0 Å². The molecule has 1 aliphatic heterocycles. The van der Waals surface area contributed by atoms with E-state index in [4.69, 9.17) is 5.73 Å². The van der Waals surface area contributed by atoms with Gasteiger partial charge < -0.3 is 11.1 Å². The number of nitrogens with two attached hydrogens (primary N) is 1. The Kier molecular flexibility index (Phi) is 3.05. The van der Waals surface area contributed by atoms with Crippen molar-refractivity contribution in [2.45, 2.75) is 25.4 Å². The molecule has 1 heterocycles. The Hall–Kier alpha value is -0.610. The Morgan fingerprint density at radius 1 is 1.75 bits per heavy atom. The fourth-order valence-corrected chi connectivity index (χ4v) is 1.50. The van der Waals surface area contributed by atoms with Crippen LogP contribution in [-0.4, -0.2) is 43.0 Å². The van der Waals surface area contributed by atoms with Crippen molar-refractivity contribution in [3.63, 3.8) is 0 Å². The number of nitrogens with one attached hydrogen (secondary N) is 1. The Labute approximate surface area is 73.1 Å². The average Bonchev–Trinajstić information content (AvgIpc) is 2.53. The number of likely N-dealkylation sites (N-methyl/N-ethyl adjacent to an activating group) is 1. The van der Waals surface area contributed by atoms with Gasteiger partial charge in [0.2, 0.25) is 5.91 Å². The van der Waals surface area contributed by atoms with Gasteiger partial charge in [-0.1, -0.05) is 0 Å². The maximum atomic E-state index is 10.9. The molecule has 1 saturated heterocycles. The lowest BCUT2D eigenvalue weighted by Gasteiger charge is -2.27. The summed E-state index contributed by atoms with van der Waals surface area (Å²) in [5, 5.41) is 3.25. The van der Waals surface area contributed by atoms with Crippen LogP contribution < -0.4 is 11.1 Å². The predicted octanol–water partition coefficient (Wildman–Crippen LogP) is -0.846. The highest BCUT2D eigenvalue weighted by Crippen LogP contribution is 2.09. The molecule has 0 aromatic rings. The normalized spacial score (nSPS) is 26.1. The van der Waals surface area contributed by atoms with E-state index >= 15 is 0 Å². The van der Waals surface area contributed by atoms with Gasteiger partial charge >= 0.3 is 0 Å². The number of carbonyl (C=O) groups is 1. The molecule has 2 atom stereocenters. The van der Waals surface area contributed by atoms with Gasteiger partial charge in [-0.25, -0.2) is 0 Å². The van der Waals surface area contributed by atoms with E-state index < -0.39 is 0 Å². The summed E-state index contributed by atoms with van der Waals surface area (Å²) in [6.07, 6.45) is 1.11. The minimum absolute atomic E-state index is 0.158. The lowest BCUT2D eigenvalue weighted by Crippen LogP contribution is -2.46. The van der Waals surface area contributed by atoms with E-state index in [1.54, 1.807) is 0 Å². The van der Waals surface area contributed by atoms with Gasteiger partial charge in [0.15, 0.2) is 0 Å². The molecular weight excluding hydrogens is 154 g/mol. The highest BCUT2D eigenvalue weighted by molar-refractivity contribution is 5.79. The topological polar surface area (TPSA) is 58.4 Å². The molecule has 0 aliphatic carbocycles. The molecule has 70 valence electrons. The maximum Gasteiger partial charge on any atom is 0.234 e. The van der Waals surface area contributed by atoms with Crippen LogP contribution in [-0.2, 0) is 4.79 Å². The molecular formula is C8H17N3O. The van der Waals surface area contributed by atoms with Gasteiger partial charge in [-0.3, -0.25) is 9.69 Å². The monoisotopic (exact) mass is 171 g/mol. The smallest absolute Gasteiger partial charge is 0.234 e. The van der Waals surface area contributed by atoms with Gasteiger partial charge in [-0.15, -0.1) is 0 Å². The number of primary amides is 1. The van der Waals surface area contributed by atoms with E-state index in [1.165, 1.54) is 0 Å². The maximum absolute atomic E-state index is 10.9. The fourth-order valence-electron chi connectivity index (χ4n) is 1.50. The predicted molar refractivity (Wildman–Crippen MR) is 47.7 cm³/mol. The first kappa shape index (κ1) is 9.48. The molecule has 0 spiro atoms. The molecule has 0 saturated carbocycles. The standard InChI is InChI=1S/C8H17N3O/c1-6(8(9)12)11(2)7-3-4-10-5-7/h6-7,10H,3-5H2,1-2H3,(H2,9,12). The van der Waals surface area contributed by atoms with Gasteiger partial charge in [0.1, 0.15) is 0 Å². The number of nitrogens with zero attached hydrogens (tertiary/aromatic N) is 1. The van der Waals surface area contributed by atoms with Gasteiger partial charge in [0.25, 0.3) is 0 Å². The van der Waals surface area contributed by atoms with Crippen molar-refractivity contribution in [3.05, 3.63) is 0 Å². The van der Waals surface area contributed by atoms with E-state index in [1.807, 2.05) is 18.9 Å². The summed E-state index contributed by atoms with van der Waals surface area (Å²) in [5.41, 5.74) is 5.20. The van der Waals surface area contributed by atoms with Crippen LogP contribution in [0.1, 0.15) is 13.3 Å². The quantitative estimate of drug-likeness (QED) is 0.582. The van der Waals surface area contributed by atoms with E-state index in [2.05, 4.69) is 5.32 Å². The third-order valence-corrected chi connectivity index (χ3v) is 2.63. The Morgan fingerprint density at radius 2 is 2.42 bits per heavy atom. The molecule has 1 aliphatic rings. The second-order valence-electron chi connectivity index (χ2n) is 3.39. The van der Waals surface area contributed by atoms with Crippen LogP contribution in [0.3, 0.4) is 0 Å². The van der Waals surface area contributed by atoms with Crippen molar-refractivity contribution >= 4 is 5.91 Å². The molecule has 4 nitrogen and oxygen atoms in total. The number of amides is 1. The Morgan fingerprint density at radius 3 is 2.83 bits per heavy atom. The van der Waals surface area contributed by atoms with E-state index in [9.17, 15) is 4.79 Å². The van der Waals surface area contributed by atoms with Crippen LogP contribution in [0, 0.1) is 0 Å². The van der Waals surface area contributed by atoms with Gasteiger partial charge in [0.05, 0.1) is 6.04 Å². The first-order valence-corrected chi connectivity index (χ1v) is 4.35. The molecule has 0 aromatic heterocycles. The zero-order valence-corrected chi connectivity index (χ0v) is 7.71. The second kappa shape index (κ2) is 3.87. The first-order valence-electron chi connectivity index (χ1n) is 4.35. The first-order chi connectivity index (χ1) is 5.63. The van der Waals surface area contributed by atoms with Gasteiger partial charge in [-0.2, -0.15) is 0 Å². The highest BCUT2D eigenvalue weighted by atomic mass is 16.1. The molecule has 4 heteroatoms. The summed E-state index contributed by atoms with van der Waals surface area (Å²) in [6, 6.07) is 0.308. The summed E-state index contributed by atoms with van der Waals surface area (Å²) < 4.78 is 0. The van der Waals surface area contributed by atoms with Gasteiger partial charge in [-0.05, 0) is 26.9 Å². The van der Waals surface area contributed by atoms with Crippen LogP contribution >= 0.6 is 0 Å². The summed E-state index contributed by atoms with van der Waals surface area (Å²) in [6.45, 7) is 3.86. The number of rotatable bonds is 3. The Bertz CT molecular complexity index is 166. The van der Waals surface area contributed by atoms with Crippen molar-refractivity contribution in [1.82, 2.24) is 10.2 Å². The summed E-state index contributed by atoms with van der Waals surface area (Å²) in [4.78, 5) is 12.9. The molecule has 1 fully saturated rings. The molecule has 0 aromatic carbocycles. The Balaban J connectivity index is 2.44. The van der Waals surface area contributed by atoms with Crippen molar-refractivity contribution in [3.8, 4) is 0 Å². The van der Waals surface area contributed by atoms with E-state index in [0.29, 0.717) is 6.04 Å². The number of hydrogen-bond donors (Lipinski definition) is 2. The molecule has 3 N–H and O–H groups in total. The van der Waals surface area contributed by atoms with Crippen LogP contribution in [0.25, 0.3) is 0 Å². The molecule has 12 heavy (non-hydrogen) atoms. The minimum atomic E-state index is -0.246. The van der Waals surface area contributed by atoms with Crippen LogP contribution in [0.15, 0.2) is 0 Å². The molecule has 1 amide bonds. The van der Waals surface area contributed by atoms with Crippen molar-refractivity contribution in [2.75, 3.05) is 20.1 Å². The zero-order valence-electron chi connectivity index (χ0n) is 7.71. The molecule has 1 rings (SSSR count). The van der Waals surface area contributed by atoms with Crippen molar-refractivity contribution < 1.29 is 4.79 Å². The minimum Gasteiger partial charge on any atom is -0.368 e. The highest BCUT2D eigenvalue weighted by Gasteiger charge is 2.25. The summed E-state index contributed by atoms with van der Waals surface area (Å²) in [5.74, 6) is -0.246. The van der Waals surface area contributed by atoms with E-state index in [-0.39, 0.29) is 11.9 Å². The lowest BCUT2D eigenvalue weighted by atomic mass is 10.2. The summed E-state index contributed by atoms with van der Waals surface area (Å²) in [7, 11) is 1.95.